The number of aliphatic hydroxyl groups excluding tert-OH is 1. The van der Waals surface area contributed by atoms with Gasteiger partial charge < -0.3 is 20.3 Å². The molecule has 0 bridgehead atoms. The molecule has 186 valence electrons. The van der Waals surface area contributed by atoms with E-state index >= 15 is 0 Å². The SMILES string of the molecule is CC(C(=O)O)N(C)C.CCCCCCCCCCCCc1[nH]c(CCO)nc1CC(=O)O. The van der Waals surface area contributed by atoms with E-state index in [1.165, 1.54) is 57.8 Å². The van der Waals surface area contributed by atoms with Gasteiger partial charge in [0.25, 0.3) is 0 Å². The van der Waals surface area contributed by atoms with Crippen molar-refractivity contribution in [2.24, 2.45) is 0 Å². The van der Waals surface area contributed by atoms with Gasteiger partial charge in [-0.2, -0.15) is 0 Å². The second-order valence-electron chi connectivity index (χ2n) is 8.56. The Morgan fingerprint density at radius 1 is 0.938 bits per heavy atom. The summed E-state index contributed by atoms with van der Waals surface area (Å²) < 4.78 is 0. The molecule has 0 aliphatic heterocycles. The van der Waals surface area contributed by atoms with Gasteiger partial charge >= 0.3 is 11.9 Å². The Kier molecular flexibility index (Phi) is 17.5. The predicted molar refractivity (Wildman–Crippen MR) is 127 cm³/mol. The lowest BCUT2D eigenvalue weighted by Crippen LogP contribution is -2.32. The number of rotatable bonds is 17. The third kappa shape index (κ3) is 15.0. The molecule has 1 atom stereocenters. The normalized spacial score (nSPS) is 11.8. The van der Waals surface area contributed by atoms with Crippen LogP contribution < -0.4 is 0 Å². The molecule has 1 unspecified atom stereocenters. The molecule has 0 aromatic carbocycles. The van der Waals surface area contributed by atoms with Crippen LogP contribution in [0.5, 0.6) is 0 Å². The number of aromatic amines is 1. The molecule has 0 radical (unpaired) electrons. The summed E-state index contributed by atoms with van der Waals surface area (Å²) in [6, 6.07) is -0.380. The topological polar surface area (TPSA) is 127 Å². The molecule has 0 saturated carbocycles. The molecular weight excluding hydrogens is 410 g/mol. The number of nitrogens with zero attached hydrogens (tertiary/aromatic N) is 2. The molecule has 0 aliphatic carbocycles. The zero-order valence-electron chi connectivity index (χ0n) is 20.5. The van der Waals surface area contributed by atoms with Crippen LogP contribution in [-0.4, -0.2) is 68.9 Å². The molecule has 0 spiro atoms. The molecule has 1 rings (SSSR count). The fraction of sp³-hybridized carbons (Fsp3) is 0.792. The molecule has 1 heterocycles. The van der Waals surface area contributed by atoms with Crippen LogP contribution in [0.25, 0.3) is 0 Å². The van der Waals surface area contributed by atoms with E-state index < -0.39 is 11.9 Å². The number of hydrogen-bond acceptors (Lipinski definition) is 5. The highest BCUT2D eigenvalue weighted by molar-refractivity contribution is 5.72. The fourth-order valence-electron chi connectivity index (χ4n) is 3.24. The summed E-state index contributed by atoms with van der Waals surface area (Å²) in [5.74, 6) is -0.952. The summed E-state index contributed by atoms with van der Waals surface area (Å²) in [7, 11) is 3.47. The smallest absolute Gasteiger partial charge is 0.320 e. The summed E-state index contributed by atoms with van der Waals surface area (Å²) in [4.78, 5) is 30.2. The van der Waals surface area contributed by atoms with Crippen LogP contribution >= 0.6 is 0 Å². The first-order valence-corrected chi connectivity index (χ1v) is 12.0. The monoisotopic (exact) mass is 455 g/mol. The highest BCUT2D eigenvalue weighted by Gasteiger charge is 2.13. The van der Waals surface area contributed by atoms with E-state index in [1.807, 2.05) is 0 Å². The average Bonchev–Trinajstić information content (AvgIpc) is 3.09. The number of H-pyrrole nitrogens is 1. The van der Waals surface area contributed by atoms with Crippen molar-refractivity contribution in [3.63, 3.8) is 0 Å². The van der Waals surface area contributed by atoms with Crippen molar-refractivity contribution in [3.05, 3.63) is 17.2 Å². The number of carbonyl (C=O) groups is 2. The van der Waals surface area contributed by atoms with Gasteiger partial charge in [0.15, 0.2) is 0 Å². The first kappa shape index (κ1) is 30.1. The number of nitrogens with one attached hydrogen (secondary N) is 1. The van der Waals surface area contributed by atoms with Gasteiger partial charge in [0.2, 0.25) is 0 Å². The Hall–Kier alpha value is -1.93. The Bertz CT molecular complexity index is 631. The van der Waals surface area contributed by atoms with Crippen LogP contribution in [0, 0.1) is 0 Å². The minimum absolute atomic E-state index is 0.0255. The van der Waals surface area contributed by atoms with Crippen molar-refractivity contribution in [3.8, 4) is 0 Å². The highest BCUT2D eigenvalue weighted by Crippen LogP contribution is 2.15. The third-order valence-corrected chi connectivity index (χ3v) is 5.49. The van der Waals surface area contributed by atoms with Gasteiger partial charge in [-0.25, -0.2) is 4.98 Å². The number of carboxylic acids is 2. The maximum absolute atomic E-state index is 10.9. The number of aromatic nitrogens is 2. The average molecular weight is 456 g/mol. The van der Waals surface area contributed by atoms with E-state index in [1.54, 1.807) is 25.9 Å². The van der Waals surface area contributed by atoms with Crippen LogP contribution in [0.3, 0.4) is 0 Å². The summed E-state index contributed by atoms with van der Waals surface area (Å²) in [6.45, 7) is 3.91. The van der Waals surface area contributed by atoms with Crippen molar-refractivity contribution in [2.45, 2.75) is 103 Å². The van der Waals surface area contributed by atoms with Crippen LogP contribution in [-0.2, 0) is 28.9 Å². The molecule has 1 aromatic heterocycles. The van der Waals surface area contributed by atoms with Crippen molar-refractivity contribution >= 4 is 11.9 Å². The Morgan fingerprint density at radius 2 is 1.47 bits per heavy atom. The maximum atomic E-state index is 10.9. The molecular formula is C24H45N3O5. The van der Waals surface area contributed by atoms with Gasteiger partial charge in [0.05, 0.1) is 18.7 Å². The minimum atomic E-state index is -0.860. The lowest BCUT2D eigenvalue weighted by atomic mass is 10.0. The van der Waals surface area contributed by atoms with Crippen LogP contribution in [0.1, 0.15) is 95.3 Å². The summed E-state index contributed by atoms with van der Waals surface area (Å²) >= 11 is 0. The van der Waals surface area contributed by atoms with Crippen LogP contribution in [0.15, 0.2) is 0 Å². The second-order valence-corrected chi connectivity index (χ2v) is 8.56. The Labute approximate surface area is 193 Å². The number of aliphatic carboxylic acids is 2. The molecule has 32 heavy (non-hydrogen) atoms. The molecule has 8 nitrogen and oxygen atoms in total. The van der Waals surface area contributed by atoms with Gasteiger partial charge in [0.1, 0.15) is 11.9 Å². The quantitative estimate of drug-likeness (QED) is 0.261. The summed E-state index contributed by atoms with van der Waals surface area (Å²) in [6.07, 6.45) is 14.1. The van der Waals surface area contributed by atoms with Gasteiger partial charge in [-0.15, -0.1) is 0 Å². The molecule has 0 aliphatic rings. The Balaban J connectivity index is 0.00000102. The van der Waals surface area contributed by atoms with Crippen LogP contribution in [0.2, 0.25) is 0 Å². The van der Waals surface area contributed by atoms with Crippen molar-refractivity contribution < 1.29 is 24.9 Å². The Morgan fingerprint density at radius 3 is 1.88 bits per heavy atom. The van der Waals surface area contributed by atoms with E-state index in [-0.39, 0.29) is 19.1 Å². The zero-order valence-corrected chi connectivity index (χ0v) is 20.5. The number of imidazole rings is 1. The van der Waals surface area contributed by atoms with Gasteiger partial charge in [-0.1, -0.05) is 64.7 Å². The lowest BCUT2D eigenvalue weighted by Gasteiger charge is -2.13. The molecule has 4 N–H and O–H groups in total. The van der Waals surface area contributed by atoms with Crippen molar-refractivity contribution in [1.82, 2.24) is 14.9 Å². The molecule has 0 fully saturated rings. The lowest BCUT2D eigenvalue weighted by molar-refractivity contribution is -0.141. The number of hydrogen-bond donors (Lipinski definition) is 4. The van der Waals surface area contributed by atoms with Crippen molar-refractivity contribution in [1.29, 1.82) is 0 Å². The highest BCUT2D eigenvalue weighted by atomic mass is 16.4. The van der Waals surface area contributed by atoms with Crippen molar-refractivity contribution in [2.75, 3.05) is 20.7 Å². The van der Waals surface area contributed by atoms with E-state index in [4.69, 9.17) is 15.3 Å². The molecule has 0 amide bonds. The van der Waals surface area contributed by atoms with E-state index in [0.29, 0.717) is 17.9 Å². The molecule has 0 saturated heterocycles. The summed E-state index contributed by atoms with van der Waals surface area (Å²) in [5.41, 5.74) is 1.56. The number of aryl methyl sites for hydroxylation is 1. The number of unbranched alkanes of at least 4 members (excludes halogenated alkanes) is 9. The number of aliphatic hydroxyl groups is 1. The standard InChI is InChI=1S/C19H34N2O3.C5H11NO2/c1-2-3-4-5-6-7-8-9-10-11-12-16-17(15-19(23)24)21-18(20-16)13-14-22;1-4(5(7)8)6(2)3/h22H,2-15H2,1H3,(H,20,21)(H,23,24);4H,1-3H3,(H,7,8). The third-order valence-electron chi connectivity index (χ3n) is 5.49. The van der Waals surface area contributed by atoms with Crippen LogP contribution in [0.4, 0.5) is 0 Å². The van der Waals surface area contributed by atoms with Gasteiger partial charge in [-0.05, 0) is 33.9 Å². The molecule has 1 aromatic rings. The first-order valence-electron chi connectivity index (χ1n) is 12.0. The second kappa shape index (κ2) is 18.6. The first-order chi connectivity index (χ1) is 15.2. The summed E-state index contributed by atoms with van der Waals surface area (Å²) in [5, 5.41) is 26.3. The van der Waals surface area contributed by atoms with Gasteiger partial charge in [0, 0.05) is 12.1 Å². The van der Waals surface area contributed by atoms with E-state index in [9.17, 15) is 9.59 Å². The van der Waals surface area contributed by atoms with E-state index in [0.717, 1.165) is 18.5 Å². The largest absolute Gasteiger partial charge is 0.481 e. The predicted octanol–water partition coefficient (Wildman–Crippen LogP) is 4.06. The van der Waals surface area contributed by atoms with Gasteiger partial charge in [-0.3, -0.25) is 14.5 Å². The van der Waals surface area contributed by atoms with E-state index in [2.05, 4.69) is 16.9 Å². The number of likely N-dealkylation sites (N-methyl/N-ethyl adjacent to an activating group) is 1. The maximum Gasteiger partial charge on any atom is 0.320 e. The molecule has 8 heteroatoms. The minimum Gasteiger partial charge on any atom is -0.481 e. The number of carboxylic acid groups (broad SMARTS) is 2. The fourth-order valence-corrected chi connectivity index (χ4v) is 3.24. The zero-order chi connectivity index (χ0) is 24.4.